The molecule has 8 heteroatoms. The van der Waals surface area contributed by atoms with E-state index < -0.39 is 0 Å². The van der Waals surface area contributed by atoms with Gasteiger partial charge in [-0.25, -0.2) is 4.68 Å². The molecule has 7 nitrogen and oxygen atoms in total. The number of aromatic nitrogens is 5. The Balaban J connectivity index is 1.35. The number of amides is 1. The summed E-state index contributed by atoms with van der Waals surface area (Å²) >= 11 is 6.07. The van der Waals surface area contributed by atoms with Crippen LogP contribution in [0.25, 0.3) is 5.69 Å². The van der Waals surface area contributed by atoms with Crippen LogP contribution in [0.4, 0.5) is 5.82 Å². The zero-order valence-electron chi connectivity index (χ0n) is 18.2. The monoisotopic (exact) mass is 460 g/mol. The van der Waals surface area contributed by atoms with E-state index in [1.54, 1.807) is 12.4 Å². The number of hydrogen-bond acceptors (Lipinski definition) is 4. The van der Waals surface area contributed by atoms with Crippen LogP contribution >= 0.6 is 11.6 Å². The van der Waals surface area contributed by atoms with Crippen molar-refractivity contribution in [2.24, 2.45) is 0 Å². The second kappa shape index (κ2) is 9.58. The van der Waals surface area contributed by atoms with Crippen molar-refractivity contribution >= 4 is 23.3 Å². The number of carbonyl (C=O) groups excluding carboxylic acids is 1. The van der Waals surface area contributed by atoms with Crippen LogP contribution in [0.5, 0.6) is 0 Å². The molecule has 0 bridgehead atoms. The average Bonchev–Trinajstić information content (AvgIpc) is 3.35. The highest BCUT2D eigenvalue weighted by molar-refractivity contribution is 6.30. The van der Waals surface area contributed by atoms with Gasteiger partial charge >= 0.3 is 0 Å². The number of pyridine rings is 1. The molecule has 168 valence electrons. The third-order valence-electron chi connectivity index (χ3n) is 5.98. The summed E-state index contributed by atoms with van der Waals surface area (Å²) in [5.74, 6) is 0.304. The fraction of sp³-hybridized carbons (Fsp3) is 0.280. The molecule has 3 aromatic heterocycles. The molecule has 1 aliphatic carbocycles. The van der Waals surface area contributed by atoms with Gasteiger partial charge in [0.2, 0.25) is 0 Å². The third kappa shape index (κ3) is 4.83. The van der Waals surface area contributed by atoms with E-state index in [0.29, 0.717) is 16.5 Å². The molecule has 0 atom stereocenters. The fourth-order valence-electron chi connectivity index (χ4n) is 4.28. The van der Waals surface area contributed by atoms with Crippen LogP contribution in [-0.2, 0) is 25.8 Å². The quantitative estimate of drug-likeness (QED) is 0.416. The van der Waals surface area contributed by atoms with E-state index in [9.17, 15) is 4.79 Å². The van der Waals surface area contributed by atoms with Crippen LogP contribution in [-0.4, -0.2) is 30.5 Å². The molecule has 1 aromatic carbocycles. The summed E-state index contributed by atoms with van der Waals surface area (Å²) in [6, 6.07) is 13.4. The van der Waals surface area contributed by atoms with Gasteiger partial charge in [0.15, 0.2) is 11.5 Å². The van der Waals surface area contributed by atoms with Crippen molar-refractivity contribution in [2.45, 2.75) is 45.1 Å². The van der Waals surface area contributed by atoms with Crippen LogP contribution in [0.1, 0.15) is 46.6 Å². The summed E-state index contributed by atoms with van der Waals surface area (Å²) in [6.45, 7) is 0.723. The number of rotatable bonds is 6. The van der Waals surface area contributed by atoms with Crippen molar-refractivity contribution in [3.05, 3.63) is 88.6 Å². The summed E-state index contributed by atoms with van der Waals surface area (Å²) in [6.07, 6.45) is 11.4. The van der Waals surface area contributed by atoms with Crippen molar-refractivity contribution in [1.82, 2.24) is 24.5 Å². The van der Waals surface area contributed by atoms with Crippen molar-refractivity contribution in [1.29, 1.82) is 0 Å². The normalized spacial score (nSPS) is 13.4. The molecule has 0 radical (unpaired) electrons. The zero-order chi connectivity index (χ0) is 22.6. The van der Waals surface area contributed by atoms with E-state index in [1.807, 2.05) is 58.0 Å². The molecule has 5 rings (SSSR count). The Morgan fingerprint density at radius 1 is 0.970 bits per heavy atom. The van der Waals surface area contributed by atoms with Crippen LogP contribution in [0.15, 0.2) is 61.1 Å². The first kappa shape index (κ1) is 21.4. The minimum Gasteiger partial charge on any atom is -0.304 e. The summed E-state index contributed by atoms with van der Waals surface area (Å²) in [4.78, 5) is 17.3. The molecule has 1 aliphatic rings. The molecule has 1 N–H and O–H groups in total. The lowest BCUT2D eigenvalue weighted by Gasteiger charge is -2.07. The van der Waals surface area contributed by atoms with Gasteiger partial charge in [0.1, 0.15) is 0 Å². The Labute approximate surface area is 197 Å². The Morgan fingerprint density at radius 3 is 2.58 bits per heavy atom. The van der Waals surface area contributed by atoms with E-state index >= 15 is 0 Å². The molecule has 0 spiro atoms. The van der Waals surface area contributed by atoms with Gasteiger partial charge in [-0.1, -0.05) is 18.0 Å². The number of nitrogens with one attached hydrogen (secondary N) is 1. The third-order valence-corrected chi connectivity index (χ3v) is 6.23. The SMILES string of the molecule is O=C(Nc1ccn(CCc2ccncc2)n1)c1nn(-c2ccc(Cl)cc2)c2c1CCCCC2. The second-order valence-corrected chi connectivity index (χ2v) is 8.68. The maximum absolute atomic E-state index is 13.2. The molecule has 0 saturated carbocycles. The standard InChI is InChI=1S/C25H25ClN6O/c26-19-6-8-20(9-7-19)32-22-5-3-1-2-4-21(22)24(30-32)25(33)28-23-13-17-31(29-23)16-12-18-10-14-27-15-11-18/h6-11,13-15,17H,1-5,12,16H2,(H,28,29,33). The molecule has 0 aliphatic heterocycles. The Kier molecular flexibility index (Phi) is 6.21. The second-order valence-electron chi connectivity index (χ2n) is 8.25. The van der Waals surface area contributed by atoms with Crippen LogP contribution in [0.3, 0.4) is 0 Å². The smallest absolute Gasteiger partial charge is 0.277 e. The van der Waals surface area contributed by atoms with Gasteiger partial charge in [-0.05, 0) is 74.1 Å². The van der Waals surface area contributed by atoms with Crippen LogP contribution in [0, 0.1) is 0 Å². The lowest BCUT2D eigenvalue weighted by atomic mass is 10.1. The van der Waals surface area contributed by atoms with E-state index in [-0.39, 0.29) is 5.91 Å². The van der Waals surface area contributed by atoms with Gasteiger partial charge in [0.25, 0.3) is 5.91 Å². The van der Waals surface area contributed by atoms with Gasteiger partial charge in [-0.2, -0.15) is 10.2 Å². The Morgan fingerprint density at radius 2 is 1.76 bits per heavy atom. The molecule has 0 fully saturated rings. The molecule has 33 heavy (non-hydrogen) atoms. The first-order chi connectivity index (χ1) is 16.2. The summed E-state index contributed by atoms with van der Waals surface area (Å²) in [5.41, 5.74) is 4.74. The van der Waals surface area contributed by atoms with E-state index in [2.05, 4.69) is 15.4 Å². The number of hydrogen-bond donors (Lipinski definition) is 1. The number of carbonyl (C=O) groups is 1. The molecular formula is C25H25ClN6O. The largest absolute Gasteiger partial charge is 0.304 e. The number of anilines is 1. The van der Waals surface area contributed by atoms with Crippen molar-refractivity contribution in [3.8, 4) is 5.69 Å². The highest BCUT2D eigenvalue weighted by Crippen LogP contribution is 2.27. The van der Waals surface area contributed by atoms with Crippen LogP contribution < -0.4 is 5.32 Å². The van der Waals surface area contributed by atoms with Crippen molar-refractivity contribution in [3.63, 3.8) is 0 Å². The number of fused-ring (bicyclic) bond motifs is 1. The predicted octanol–water partition coefficient (Wildman–Crippen LogP) is 4.88. The highest BCUT2D eigenvalue weighted by Gasteiger charge is 2.25. The molecule has 3 heterocycles. The van der Waals surface area contributed by atoms with E-state index in [1.165, 1.54) is 5.56 Å². The number of nitrogens with zero attached hydrogens (tertiary/aromatic N) is 5. The topological polar surface area (TPSA) is 77.6 Å². The lowest BCUT2D eigenvalue weighted by molar-refractivity contribution is 0.102. The minimum absolute atomic E-state index is 0.222. The van der Waals surface area contributed by atoms with Gasteiger partial charge in [-0.3, -0.25) is 14.5 Å². The number of aryl methyl sites for hydroxylation is 2. The summed E-state index contributed by atoms with van der Waals surface area (Å²) in [7, 11) is 0. The highest BCUT2D eigenvalue weighted by atomic mass is 35.5. The van der Waals surface area contributed by atoms with Gasteiger partial charge in [0, 0.05) is 47.5 Å². The van der Waals surface area contributed by atoms with Gasteiger partial charge in [0.05, 0.1) is 5.69 Å². The van der Waals surface area contributed by atoms with Crippen molar-refractivity contribution in [2.75, 3.05) is 5.32 Å². The fourth-order valence-corrected chi connectivity index (χ4v) is 4.40. The lowest BCUT2D eigenvalue weighted by Crippen LogP contribution is -2.16. The molecule has 4 aromatic rings. The van der Waals surface area contributed by atoms with E-state index in [4.69, 9.17) is 16.7 Å². The average molecular weight is 461 g/mol. The van der Waals surface area contributed by atoms with Gasteiger partial charge in [-0.15, -0.1) is 0 Å². The Bertz CT molecular complexity index is 1250. The molecule has 0 unspecified atom stereocenters. The summed E-state index contributed by atoms with van der Waals surface area (Å²) in [5, 5.41) is 12.9. The number of benzene rings is 1. The Hall–Kier alpha value is -3.45. The minimum atomic E-state index is -0.222. The van der Waals surface area contributed by atoms with E-state index in [0.717, 1.165) is 62.0 Å². The van der Waals surface area contributed by atoms with Gasteiger partial charge < -0.3 is 5.32 Å². The first-order valence-corrected chi connectivity index (χ1v) is 11.7. The maximum atomic E-state index is 13.2. The number of halogens is 1. The van der Waals surface area contributed by atoms with Crippen molar-refractivity contribution < 1.29 is 4.79 Å². The predicted molar refractivity (Wildman–Crippen MR) is 128 cm³/mol. The van der Waals surface area contributed by atoms with Crippen LogP contribution in [0.2, 0.25) is 5.02 Å². The molecule has 0 saturated heterocycles. The molecular weight excluding hydrogens is 436 g/mol. The summed E-state index contributed by atoms with van der Waals surface area (Å²) < 4.78 is 3.74. The molecule has 1 amide bonds. The first-order valence-electron chi connectivity index (χ1n) is 11.3. The maximum Gasteiger partial charge on any atom is 0.277 e. The zero-order valence-corrected chi connectivity index (χ0v) is 19.0.